The number of aromatic nitrogens is 1. The molecule has 0 fully saturated rings. The van der Waals surface area contributed by atoms with Crippen molar-refractivity contribution >= 4 is 28.4 Å². The number of nitrogens with one attached hydrogen (secondary N) is 2. The van der Waals surface area contributed by atoms with E-state index in [0.717, 1.165) is 17.4 Å². The lowest BCUT2D eigenvalue weighted by molar-refractivity contribution is -0.136. The van der Waals surface area contributed by atoms with Crippen LogP contribution in [0.3, 0.4) is 0 Å². The molecule has 0 aliphatic heterocycles. The molecule has 6 nitrogen and oxygen atoms in total. The van der Waals surface area contributed by atoms with Gasteiger partial charge in [0, 0.05) is 49.1 Å². The zero-order chi connectivity index (χ0) is 18.4. The number of carbonyl (C=O) groups excluding carboxylic acids is 2. The van der Waals surface area contributed by atoms with Crippen LogP contribution in [-0.2, 0) is 20.9 Å². The Balaban J connectivity index is 2.00. The van der Waals surface area contributed by atoms with Gasteiger partial charge >= 0.3 is 11.8 Å². The van der Waals surface area contributed by atoms with Crippen molar-refractivity contribution in [3.8, 4) is 0 Å². The molecule has 0 saturated carbocycles. The second-order valence-corrected chi connectivity index (χ2v) is 6.75. The fourth-order valence-electron chi connectivity index (χ4n) is 2.67. The lowest BCUT2D eigenvalue weighted by atomic mass is 10.2. The Morgan fingerprint density at radius 1 is 1.16 bits per heavy atom. The third kappa shape index (κ3) is 5.32. The summed E-state index contributed by atoms with van der Waals surface area (Å²) in [5.41, 5.74) is 1.73. The highest BCUT2D eigenvalue weighted by Gasteiger charge is 2.16. The van der Waals surface area contributed by atoms with Crippen LogP contribution in [0.25, 0.3) is 10.9 Å². The fraction of sp³-hybridized carbons (Fsp3) is 0.474. The minimum absolute atomic E-state index is 0.120. The Hall–Kier alpha value is -2.34. The van der Waals surface area contributed by atoms with Gasteiger partial charge in [0.15, 0.2) is 0 Å². The van der Waals surface area contributed by atoms with Crippen molar-refractivity contribution in [1.29, 1.82) is 0 Å². The summed E-state index contributed by atoms with van der Waals surface area (Å²) >= 11 is 0. The Morgan fingerprint density at radius 3 is 2.60 bits per heavy atom. The summed E-state index contributed by atoms with van der Waals surface area (Å²) in [5.74, 6) is -0.745. The summed E-state index contributed by atoms with van der Waals surface area (Å²) in [7, 11) is 1.60. The molecule has 136 valence electrons. The van der Waals surface area contributed by atoms with Gasteiger partial charge < -0.3 is 19.9 Å². The van der Waals surface area contributed by atoms with Crippen molar-refractivity contribution in [3.63, 3.8) is 0 Å². The maximum Gasteiger partial charge on any atom is 0.313 e. The summed E-state index contributed by atoms with van der Waals surface area (Å²) in [4.78, 5) is 24.0. The van der Waals surface area contributed by atoms with Gasteiger partial charge in [-0.25, -0.2) is 0 Å². The molecule has 1 aromatic heterocycles. The van der Waals surface area contributed by atoms with Crippen LogP contribution in [0.5, 0.6) is 0 Å². The van der Waals surface area contributed by atoms with Crippen LogP contribution in [-0.4, -0.2) is 36.1 Å². The number of nitrogens with zero attached hydrogens (tertiary/aromatic N) is 1. The highest BCUT2D eigenvalue weighted by Crippen LogP contribution is 2.21. The predicted octanol–water partition coefficient (Wildman–Crippen LogP) is 2.78. The van der Waals surface area contributed by atoms with Gasteiger partial charge in [0.25, 0.3) is 0 Å². The maximum absolute atomic E-state index is 12.0. The van der Waals surface area contributed by atoms with Crippen molar-refractivity contribution in [1.82, 2.24) is 9.88 Å². The van der Waals surface area contributed by atoms with Gasteiger partial charge in [-0.05, 0) is 43.5 Å². The number of hydrogen-bond donors (Lipinski definition) is 2. The first kappa shape index (κ1) is 19.0. The SMILES string of the molecule is COCC[C@@H](C)NC(=O)C(=O)Nc1ccc2c(ccn2CC(C)C)c1. The van der Waals surface area contributed by atoms with Crippen LogP contribution >= 0.6 is 0 Å². The van der Waals surface area contributed by atoms with Gasteiger partial charge in [-0.2, -0.15) is 0 Å². The monoisotopic (exact) mass is 345 g/mol. The number of benzene rings is 1. The molecule has 2 amide bonds. The molecule has 0 bridgehead atoms. The molecule has 1 aromatic carbocycles. The number of hydrogen-bond acceptors (Lipinski definition) is 3. The molecular weight excluding hydrogens is 318 g/mol. The Morgan fingerprint density at radius 2 is 1.92 bits per heavy atom. The van der Waals surface area contributed by atoms with Gasteiger partial charge in [0.05, 0.1) is 0 Å². The summed E-state index contributed by atoms with van der Waals surface area (Å²) < 4.78 is 7.15. The van der Waals surface area contributed by atoms with E-state index >= 15 is 0 Å². The van der Waals surface area contributed by atoms with E-state index in [1.165, 1.54) is 0 Å². The van der Waals surface area contributed by atoms with Gasteiger partial charge in [-0.15, -0.1) is 0 Å². The molecule has 2 N–H and O–H groups in total. The maximum atomic E-state index is 12.0. The van der Waals surface area contributed by atoms with Crippen LogP contribution in [0.1, 0.15) is 27.2 Å². The second-order valence-electron chi connectivity index (χ2n) is 6.75. The topological polar surface area (TPSA) is 72.4 Å². The molecule has 0 unspecified atom stereocenters. The minimum Gasteiger partial charge on any atom is -0.385 e. The van der Waals surface area contributed by atoms with Crippen LogP contribution in [0.4, 0.5) is 5.69 Å². The Bertz CT molecular complexity index is 737. The van der Waals surface area contributed by atoms with E-state index < -0.39 is 11.8 Å². The molecule has 1 atom stereocenters. The molecule has 2 rings (SSSR count). The molecule has 0 aliphatic carbocycles. The summed E-state index contributed by atoms with van der Waals surface area (Å²) in [6.45, 7) is 7.66. The standard InChI is InChI=1S/C19H27N3O3/c1-13(2)12-22-9-7-15-11-16(5-6-17(15)22)21-19(24)18(23)20-14(3)8-10-25-4/h5-7,9,11,13-14H,8,10,12H2,1-4H3,(H,20,23)(H,21,24)/t14-/m1/s1. The van der Waals surface area contributed by atoms with Crippen LogP contribution in [0.15, 0.2) is 30.5 Å². The van der Waals surface area contributed by atoms with Gasteiger partial charge in [-0.3, -0.25) is 9.59 Å². The third-order valence-corrected chi connectivity index (χ3v) is 3.93. The first-order valence-corrected chi connectivity index (χ1v) is 8.60. The van der Waals surface area contributed by atoms with Gasteiger partial charge in [0.2, 0.25) is 0 Å². The average Bonchev–Trinajstić information content (AvgIpc) is 2.94. The minimum atomic E-state index is -0.662. The van der Waals surface area contributed by atoms with E-state index in [9.17, 15) is 9.59 Å². The Labute approximate surface area is 148 Å². The highest BCUT2D eigenvalue weighted by atomic mass is 16.5. The zero-order valence-electron chi connectivity index (χ0n) is 15.3. The highest BCUT2D eigenvalue weighted by molar-refractivity contribution is 6.39. The average molecular weight is 345 g/mol. The van der Waals surface area contributed by atoms with Crippen LogP contribution < -0.4 is 10.6 Å². The number of fused-ring (bicyclic) bond motifs is 1. The largest absolute Gasteiger partial charge is 0.385 e. The number of rotatable bonds is 7. The van der Waals surface area contributed by atoms with E-state index in [-0.39, 0.29) is 6.04 Å². The number of amides is 2. The quantitative estimate of drug-likeness (QED) is 0.758. The van der Waals surface area contributed by atoms with Crippen molar-refractivity contribution in [2.75, 3.05) is 19.0 Å². The third-order valence-electron chi connectivity index (χ3n) is 3.93. The van der Waals surface area contributed by atoms with Gasteiger partial charge in [-0.1, -0.05) is 13.8 Å². The van der Waals surface area contributed by atoms with Crippen molar-refractivity contribution in [2.45, 2.75) is 39.8 Å². The van der Waals surface area contributed by atoms with Crippen LogP contribution in [0, 0.1) is 5.92 Å². The van der Waals surface area contributed by atoms with E-state index in [1.54, 1.807) is 7.11 Å². The first-order chi connectivity index (χ1) is 11.9. The van der Waals surface area contributed by atoms with Gasteiger partial charge in [0.1, 0.15) is 0 Å². The zero-order valence-corrected chi connectivity index (χ0v) is 15.3. The number of carbonyl (C=O) groups is 2. The molecule has 0 saturated heterocycles. The summed E-state index contributed by atoms with van der Waals surface area (Å²) in [6, 6.07) is 7.56. The molecule has 6 heteroatoms. The lowest BCUT2D eigenvalue weighted by Gasteiger charge is -2.13. The first-order valence-electron chi connectivity index (χ1n) is 8.60. The molecule has 25 heavy (non-hydrogen) atoms. The summed E-state index contributed by atoms with van der Waals surface area (Å²) in [5, 5.41) is 6.35. The van der Waals surface area contributed by atoms with Crippen molar-refractivity contribution in [2.24, 2.45) is 5.92 Å². The molecular formula is C19H27N3O3. The van der Waals surface area contributed by atoms with E-state index in [1.807, 2.05) is 37.4 Å². The molecule has 0 spiro atoms. The molecule has 0 aliphatic rings. The molecule has 2 aromatic rings. The van der Waals surface area contributed by atoms with Crippen molar-refractivity contribution in [3.05, 3.63) is 30.5 Å². The lowest BCUT2D eigenvalue weighted by Crippen LogP contribution is -2.40. The predicted molar refractivity (Wildman–Crippen MR) is 99.5 cm³/mol. The number of methoxy groups -OCH3 is 1. The number of ether oxygens (including phenoxy) is 1. The van der Waals surface area contributed by atoms with Crippen molar-refractivity contribution < 1.29 is 14.3 Å². The van der Waals surface area contributed by atoms with E-state index in [2.05, 4.69) is 29.0 Å². The molecule has 1 heterocycles. The summed E-state index contributed by atoms with van der Waals surface area (Å²) in [6.07, 6.45) is 2.70. The van der Waals surface area contributed by atoms with E-state index in [4.69, 9.17) is 4.74 Å². The Kier molecular flexibility index (Phi) is 6.58. The van der Waals surface area contributed by atoms with E-state index in [0.29, 0.717) is 24.6 Å². The smallest absolute Gasteiger partial charge is 0.313 e. The normalized spacial score (nSPS) is 12.4. The second kappa shape index (κ2) is 8.67. The van der Waals surface area contributed by atoms with Crippen LogP contribution in [0.2, 0.25) is 0 Å². The molecule has 0 radical (unpaired) electrons. The number of anilines is 1. The fourth-order valence-corrected chi connectivity index (χ4v) is 2.67.